The third kappa shape index (κ3) is 4.05. The van der Waals surface area contributed by atoms with E-state index in [-0.39, 0.29) is 10.7 Å². The fraction of sp³-hybridized carbons (Fsp3) is 0.294. The van der Waals surface area contributed by atoms with Crippen molar-refractivity contribution in [2.75, 3.05) is 5.75 Å². The minimum Gasteiger partial charge on any atom is -0.240 e. The number of rotatable bonds is 4. The molecule has 2 rings (SSSR count). The van der Waals surface area contributed by atoms with E-state index in [9.17, 15) is 13.2 Å². The van der Waals surface area contributed by atoms with Crippen LogP contribution < -0.4 is 0 Å². The van der Waals surface area contributed by atoms with E-state index in [0.717, 1.165) is 18.1 Å². The number of benzene rings is 1. The highest BCUT2D eigenvalue weighted by molar-refractivity contribution is 7.99. The normalized spacial score (nSPS) is 11.3. The number of halogens is 3. The van der Waals surface area contributed by atoms with E-state index in [4.69, 9.17) is 5.26 Å². The van der Waals surface area contributed by atoms with E-state index >= 15 is 0 Å². The molecular formula is C17H15F3N2S. The second-order valence-corrected chi connectivity index (χ2v) is 6.14. The molecule has 120 valence electrons. The summed E-state index contributed by atoms with van der Waals surface area (Å²) < 4.78 is 39.9. The van der Waals surface area contributed by atoms with Crippen LogP contribution in [0.2, 0.25) is 0 Å². The van der Waals surface area contributed by atoms with Gasteiger partial charge in [-0.05, 0) is 25.2 Å². The number of aryl methyl sites for hydroxylation is 1. The van der Waals surface area contributed by atoms with Crippen molar-refractivity contribution < 1.29 is 13.2 Å². The van der Waals surface area contributed by atoms with Gasteiger partial charge in [0.05, 0.1) is 16.8 Å². The van der Waals surface area contributed by atoms with Crippen LogP contribution in [-0.2, 0) is 6.18 Å². The van der Waals surface area contributed by atoms with Crippen molar-refractivity contribution in [1.82, 2.24) is 4.98 Å². The smallest absolute Gasteiger partial charge is 0.240 e. The summed E-state index contributed by atoms with van der Waals surface area (Å²) in [5.41, 5.74) is 0.522. The lowest BCUT2D eigenvalue weighted by Crippen LogP contribution is -2.10. The molecule has 0 saturated heterocycles. The summed E-state index contributed by atoms with van der Waals surface area (Å²) in [7, 11) is 0. The van der Waals surface area contributed by atoms with Gasteiger partial charge in [0.1, 0.15) is 11.1 Å². The molecule has 0 bridgehead atoms. The van der Waals surface area contributed by atoms with Gasteiger partial charge in [0.25, 0.3) is 0 Å². The zero-order valence-corrected chi connectivity index (χ0v) is 13.6. The summed E-state index contributed by atoms with van der Waals surface area (Å²) in [6, 6.07) is 9.73. The topological polar surface area (TPSA) is 36.7 Å². The van der Waals surface area contributed by atoms with Gasteiger partial charge >= 0.3 is 6.18 Å². The van der Waals surface area contributed by atoms with Crippen LogP contribution in [-0.4, -0.2) is 10.7 Å². The van der Waals surface area contributed by atoms with Gasteiger partial charge in [0.2, 0.25) is 0 Å². The summed E-state index contributed by atoms with van der Waals surface area (Å²) >= 11 is 1.18. The standard InChI is InChI=1S/C17H15F3N2S/c1-3-8-23-16-13(10-21)14(17(18,19)20)9-15(22-16)12-6-4-11(2)5-7-12/h4-7,9H,3,8H2,1-2H3. The Labute approximate surface area is 137 Å². The van der Waals surface area contributed by atoms with Crippen LogP contribution in [0, 0.1) is 18.3 Å². The zero-order chi connectivity index (χ0) is 17.0. The molecule has 2 nitrogen and oxygen atoms in total. The summed E-state index contributed by atoms with van der Waals surface area (Å²) in [6.45, 7) is 3.83. The number of alkyl halides is 3. The third-order valence-electron chi connectivity index (χ3n) is 3.19. The minimum absolute atomic E-state index is 0.139. The first-order valence-corrected chi connectivity index (χ1v) is 8.07. The second-order valence-electron chi connectivity index (χ2n) is 5.06. The molecule has 1 aromatic carbocycles. The molecule has 0 saturated carbocycles. The number of aromatic nitrogens is 1. The highest BCUT2D eigenvalue weighted by Gasteiger charge is 2.36. The molecule has 1 aromatic heterocycles. The molecule has 2 aromatic rings. The number of nitriles is 1. The fourth-order valence-corrected chi connectivity index (χ4v) is 2.89. The Hall–Kier alpha value is -2.00. The lowest BCUT2D eigenvalue weighted by Gasteiger charge is -2.14. The average molecular weight is 336 g/mol. The summed E-state index contributed by atoms with van der Waals surface area (Å²) in [5.74, 6) is 0.607. The van der Waals surface area contributed by atoms with Crippen molar-refractivity contribution in [2.24, 2.45) is 0 Å². The molecule has 23 heavy (non-hydrogen) atoms. The quantitative estimate of drug-likeness (QED) is 0.697. The highest BCUT2D eigenvalue weighted by atomic mass is 32.2. The van der Waals surface area contributed by atoms with Gasteiger partial charge in [-0.25, -0.2) is 4.98 Å². The molecule has 0 amide bonds. The molecule has 0 aliphatic heterocycles. The molecule has 0 spiro atoms. The van der Waals surface area contributed by atoms with Crippen LogP contribution in [0.25, 0.3) is 11.3 Å². The number of nitrogens with zero attached hydrogens (tertiary/aromatic N) is 2. The molecule has 0 aliphatic rings. The summed E-state index contributed by atoms with van der Waals surface area (Å²) in [4.78, 5) is 4.30. The van der Waals surface area contributed by atoms with Crippen molar-refractivity contribution in [3.05, 3.63) is 47.0 Å². The number of hydrogen-bond donors (Lipinski definition) is 0. The molecule has 6 heteroatoms. The van der Waals surface area contributed by atoms with Gasteiger partial charge in [-0.3, -0.25) is 0 Å². The van der Waals surface area contributed by atoms with E-state index in [2.05, 4.69) is 4.98 Å². The second kappa shape index (κ2) is 7.05. The summed E-state index contributed by atoms with van der Waals surface area (Å²) in [6.07, 6.45) is -3.80. The molecule has 0 aliphatic carbocycles. The Morgan fingerprint density at radius 1 is 1.22 bits per heavy atom. The van der Waals surface area contributed by atoms with E-state index in [0.29, 0.717) is 11.3 Å². The first kappa shape index (κ1) is 17.4. The van der Waals surface area contributed by atoms with Gasteiger partial charge in [-0.15, -0.1) is 11.8 Å². The monoisotopic (exact) mass is 336 g/mol. The highest BCUT2D eigenvalue weighted by Crippen LogP contribution is 2.38. The lowest BCUT2D eigenvalue weighted by atomic mass is 10.0. The lowest BCUT2D eigenvalue weighted by molar-refractivity contribution is -0.138. The summed E-state index contributed by atoms with van der Waals surface area (Å²) in [5, 5.41) is 9.30. The van der Waals surface area contributed by atoms with E-state index in [1.165, 1.54) is 11.8 Å². The maximum Gasteiger partial charge on any atom is 0.417 e. The Kier molecular flexibility index (Phi) is 5.32. The van der Waals surface area contributed by atoms with Gasteiger partial charge < -0.3 is 0 Å². The van der Waals surface area contributed by atoms with Crippen molar-refractivity contribution in [3.63, 3.8) is 0 Å². The van der Waals surface area contributed by atoms with E-state index in [1.807, 2.05) is 26.0 Å². The Morgan fingerprint density at radius 2 is 1.87 bits per heavy atom. The molecule has 1 heterocycles. The predicted octanol–water partition coefficient (Wildman–Crippen LogP) is 5.45. The van der Waals surface area contributed by atoms with Crippen molar-refractivity contribution >= 4 is 11.8 Å². The number of thioether (sulfide) groups is 1. The Morgan fingerprint density at radius 3 is 2.39 bits per heavy atom. The number of hydrogen-bond acceptors (Lipinski definition) is 3. The van der Waals surface area contributed by atoms with E-state index in [1.54, 1.807) is 18.2 Å². The van der Waals surface area contributed by atoms with Crippen LogP contribution in [0.3, 0.4) is 0 Å². The van der Waals surface area contributed by atoms with Crippen molar-refractivity contribution in [1.29, 1.82) is 5.26 Å². The maximum atomic E-state index is 13.3. The van der Waals surface area contributed by atoms with Gasteiger partial charge in [0.15, 0.2) is 0 Å². The zero-order valence-electron chi connectivity index (χ0n) is 12.7. The Bertz CT molecular complexity index is 731. The van der Waals surface area contributed by atoms with Crippen molar-refractivity contribution in [3.8, 4) is 17.3 Å². The molecule has 0 atom stereocenters. The molecule has 0 fully saturated rings. The van der Waals surface area contributed by atoms with Crippen LogP contribution >= 0.6 is 11.8 Å². The SMILES string of the molecule is CCCSc1nc(-c2ccc(C)cc2)cc(C(F)(F)F)c1C#N. The first-order chi connectivity index (χ1) is 10.9. The van der Waals surface area contributed by atoms with Gasteiger partial charge in [-0.2, -0.15) is 18.4 Å². The van der Waals surface area contributed by atoms with Crippen LogP contribution in [0.4, 0.5) is 13.2 Å². The third-order valence-corrected chi connectivity index (χ3v) is 4.37. The molecule has 0 N–H and O–H groups in total. The fourth-order valence-electron chi connectivity index (χ4n) is 2.03. The van der Waals surface area contributed by atoms with Crippen molar-refractivity contribution in [2.45, 2.75) is 31.5 Å². The average Bonchev–Trinajstić information content (AvgIpc) is 2.51. The Balaban J connectivity index is 2.64. The minimum atomic E-state index is -4.59. The van der Waals surface area contributed by atoms with Gasteiger partial charge in [0, 0.05) is 5.56 Å². The van der Waals surface area contributed by atoms with Crippen LogP contribution in [0.1, 0.15) is 30.0 Å². The van der Waals surface area contributed by atoms with Gasteiger partial charge in [-0.1, -0.05) is 36.8 Å². The van der Waals surface area contributed by atoms with Crippen LogP contribution in [0.15, 0.2) is 35.4 Å². The van der Waals surface area contributed by atoms with E-state index < -0.39 is 17.3 Å². The molecule has 0 radical (unpaired) electrons. The largest absolute Gasteiger partial charge is 0.417 e. The number of pyridine rings is 1. The molecular weight excluding hydrogens is 321 g/mol. The first-order valence-electron chi connectivity index (χ1n) is 7.09. The molecule has 0 unspecified atom stereocenters. The predicted molar refractivity (Wildman–Crippen MR) is 85.1 cm³/mol. The maximum absolute atomic E-state index is 13.3. The van der Waals surface area contributed by atoms with Crippen LogP contribution in [0.5, 0.6) is 0 Å².